The topological polar surface area (TPSA) is 35.6 Å². The van der Waals surface area contributed by atoms with Crippen LogP contribution >= 0.6 is 0 Å². The van der Waals surface area contributed by atoms with E-state index in [1.807, 2.05) is 0 Å². The second-order valence-electron chi connectivity index (χ2n) is 35.1. The Hall–Kier alpha value is -9.84. The zero-order valence-electron chi connectivity index (χ0n) is 62.5. The van der Waals surface area contributed by atoms with Crippen LogP contribution in [0.25, 0.3) is 133 Å². The number of hydrogen-bond acceptors (Lipinski definition) is 2. The van der Waals surface area contributed by atoms with E-state index in [4.69, 9.17) is 9.97 Å². The molecule has 2 aliphatic heterocycles. The quantitative estimate of drug-likeness (QED) is 0.135. The molecule has 5 heterocycles. The summed E-state index contributed by atoms with van der Waals surface area (Å²) in [6.45, 7) is 29.1. The molecule has 0 bridgehead atoms. The maximum Gasteiger partial charge on any atom is 0.252 e. The van der Waals surface area contributed by atoms with E-state index < -0.39 is 0 Å². The van der Waals surface area contributed by atoms with Gasteiger partial charge in [0.1, 0.15) is 0 Å². The maximum absolute atomic E-state index is 6.06. The fourth-order valence-corrected chi connectivity index (χ4v) is 18.5. The van der Waals surface area contributed by atoms with Crippen LogP contribution in [0.1, 0.15) is 193 Å². The zero-order valence-corrected chi connectivity index (χ0v) is 62.5. The second kappa shape index (κ2) is 24.4. The summed E-state index contributed by atoms with van der Waals surface area (Å²) in [5.74, 6) is 1.70. The van der Waals surface area contributed by atoms with Gasteiger partial charge in [-0.15, -0.1) is 0 Å². The van der Waals surface area contributed by atoms with Gasteiger partial charge in [-0.25, -0.2) is 9.97 Å². The fourth-order valence-electron chi connectivity index (χ4n) is 18.5. The summed E-state index contributed by atoms with van der Waals surface area (Å²) in [5.41, 5.74) is 34.0. The molecule has 4 aliphatic rings. The average Bonchev–Trinajstić information content (AvgIpc) is 1.53. The van der Waals surface area contributed by atoms with E-state index in [1.165, 1.54) is 169 Å². The normalized spacial score (nSPS) is 15.1. The lowest BCUT2D eigenvalue weighted by Crippen LogP contribution is -2.59. The van der Waals surface area contributed by atoms with Crippen LogP contribution in [0.4, 0.5) is 0 Å². The summed E-state index contributed by atoms with van der Waals surface area (Å²) >= 11 is 0. The lowest BCUT2D eigenvalue weighted by Gasteiger charge is -2.35. The standard InChI is InChI=1S/C98H95BN4/c1-95(2,3)75-55-79(97(7,8)9)89-77-49-70(64-39-27-17-28-40-64)51-81-92(77)102(85(89)57-75)87-53-74(54-88-91(87)99(81)82-52-71(65-41-29-18-30-42-65)50-78-90-80(98(10,11)12)56-76(96(4,5)6)58-86(90)103(88)93(78)82)94-100-83(72-45-66(60-31-19-13-20-32-60)43-67(46-72)61-33-21-14-22-34-61)59-84(101-94)73-47-68(62-35-23-15-24-36-62)44-69(48-73)63-37-25-16-26-38-63/h13-16,19-26,31-38,43-59,64-65H,17-18,27-30,39-42H2,1-12H3. The second-order valence-corrected chi connectivity index (χ2v) is 35.1. The van der Waals surface area contributed by atoms with Crippen LogP contribution in [0.5, 0.6) is 0 Å². The summed E-state index contributed by atoms with van der Waals surface area (Å²) in [5, 5.41) is 5.58. The number of benzene rings is 11. The van der Waals surface area contributed by atoms with Gasteiger partial charge in [-0.1, -0.05) is 267 Å². The van der Waals surface area contributed by atoms with Gasteiger partial charge >= 0.3 is 0 Å². The summed E-state index contributed by atoms with van der Waals surface area (Å²) in [6, 6.07) is 86.3. The monoisotopic (exact) mass is 1340 g/mol. The molecule has 2 aliphatic carbocycles. The highest BCUT2D eigenvalue weighted by atomic mass is 15.0. The van der Waals surface area contributed by atoms with Crippen molar-refractivity contribution in [2.75, 3.05) is 0 Å². The first-order valence-electron chi connectivity index (χ1n) is 38.5. The molecule has 510 valence electrons. The smallest absolute Gasteiger partial charge is 0.252 e. The van der Waals surface area contributed by atoms with Crippen molar-refractivity contribution in [2.24, 2.45) is 0 Å². The van der Waals surface area contributed by atoms with Crippen molar-refractivity contribution in [3.63, 3.8) is 0 Å². The predicted octanol–water partition coefficient (Wildman–Crippen LogP) is 24.8. The molecule has 4 nitrogen and oxygen atoms in total. The highest BCUT2D eigenvalue weighted by Gasteiger charge is 2.44. The number of fused-ring (bicyclic) bond motifs is 10. The molecule has 0 N–H and O–H groups in total. The first kappa shape index (κ1) is 65.2. The molecule has 0 spiro atoms. The van der Waals surface area contributed by atoms with Gasteiger partial charge in [0.25, 0.3) is 6.71 Å². The van der Waals surface area contributed by atoms with Crippen molar-refractivity contribution in [3.05, 3.63) is 258 Å². The Kier molecular flexibility index (Phi) is 15.4. The van der Waals surface area contributed by atoms with Crippen LogP contribution in [-0.4, -0.2) is 25.8 Å². The number of nitrogens with zero attached hydrogens (tertiary/aromatic N) is 4. The SMILES string of the molecule is CC(C)(C)c1cc(C(C)(C)C)c2c3cc(C4CCCCC4)cc4c3n(c2c1)-c1cc(-c2nc(-c3cc(-c5ccccc5)cc(-c5ccccc5)c3)cc(-c3cc(-c5ccccc5)cc(-c5ccccc5)c3)n2)cc2c1B4c1cc(C3CCCCC3)cc3c4c(C(C)(C)C)cc(C(C)(C)C)cc4n-2c13. The Labute approximate surface area is 610 Å². The van der Waals surface area contributed by atoms with Crippen LogP contribution in [0, 0.1) is 0 Å². The number of aromatic nitrogens is 4. The van der Waals surface area contributed by atoms with E-state index in [1.54, 1.807) is 0 Å². The van der Waals surface area contributed by atoms with Crippen molar-refractivity contribution >= 4 is 66.7 Å². The molecule has 2 fully saturated rings. The van der Waals surface area contributed by atoms with Gasteiger partial charge in [0, 0.05) is 60.6 Å². The van der Waals surface area contributed by atoms with E-state index in [0.717, 1.165) is 72.6 Å². The van der Waals surface area contributed by atoms with Crippen molar-refractivity contribution < 1.29 is 0 Å². The van der Waals surface area contributed by atoms with Crippen molar-refractivity contribution in [2.45, 2.75) is 181 Å². The summed E-state index contributed by atoms with van der Waals surface area (Å²) in [6.07, 6.45) is 12.7. The van der Waals surface area contributed by atoms with Gasteiger partial charge in [-0.2, -0.15) is 0 Å². The van der Waals surface area contributed by atoms with Crippen molar-refractivity contribution in [1.29, 1.82) is 0 Å². The third-order valence-electron chi connectivity index (χ3n) is 23.9. The van der Waals surface area contributed by atoms with Crippen LogP contribution in [0.2, 0.25) is 0 Å². The maximum atomic E-state index is 6.06. The molecule has 5 heteroatoms. The highest BCUT2D eigenvalue weighted by molar-refractivity contribution is 7.00. The Balaban J connectivity index is 1.02. The van der Waals surface area contributed by atoms with E-state index in [0.29, 0.717) is 17.7 Å². The summed E-state index contributed by atoms with van der Waals surface area (Å²) < 4.78 is 5.56. The van der Waals surface area contributed by atoms with Crippen LogP contribution < -0.4 is 16.4 Å². The molecule has 14 aromatic rings. The van der Waals surface area contributed by atoms with Crippen molar-refractivity contribution in [3.8, 4) is 89.8 Å². The molecule has 0 unspecified atom stereocenters. The lowest BCUT2D eigenvalue weighted by molar-refractivity contribution is 0.444. The van der Waals surface area contributed by atoms with E-state index in [9.17, 15) is 0 Å². The molecule has 2 saturated carbocycles. The molecule has 0 amide bonds. The minimum atomic E-state index is -0.161. The molecule has 11 aromatic carbocycles. The number of rotatable bonds is 9. The Morgan fingerprint density at radius 2 is 0.660 bits per heavy atom. The first-order chi connectivity index (χ1) is 49.6. The Morgan fingerprint density at radius 1 is 0.320 bits per heavy atom. The van der Waals surface area contributed by atoms with Gasteiger partial charge in [-0.3, -0.25) is 0 Å². The highest BCUT2D eigenvalue weighted by Crippen LogP contribution is 2.50. The molecule has 0 atom stereocenters. The van der Waals surface area contributed by atoms with Crippen LogP contribution in [0.15, 0.2) is 224 Å². The summed E-state index contributed by atoms with van der Waals surface area (Å²) in [4.78, 5) is 12.1. The molecular formula is C98H95BN4. The summed E-state index contributed by atoms with van der Waals surface area (Å²) in [7, 11) is 0. The minimum absolute atomic E-state index is 0.0535. The first-order valence-corrected chi connectivity index (χ1v) is 38.5. The largest absolute Gasteiger partial charge is 0.310 e. The van der Waals surface area contributed by atoms with E-state index >= 15 is 0 Å². The predicted molar refractivity (Wildman–Crippen MR) is 440 cm³/mol. The van der Waals surface area contributed by atoms with Crippen LogP contribution in [-0.2, 0) is 21.7 Å². The molecule has 103 heavy (non-hydrogen) atoms. The van der Waals surface area contributed by atoms with Gasteiger partial charge in [0.05, 0.1) is 22.4 Å². The van der Waals surface area contributed by atoms with Gasteiger partial charge in [0.2, 0.25) is 0 Å². The molecule has 0 radical (unpaired) electrons. The third-order valence-corrected chi connectivity index (χ3v) is 23.9. The zero-order chi connectivity index (χ0) is 70.6. The molecule has 18 rings (SSSR count). The van der Waals surface area contributed by atoms with Gasteiger partial charge < -0.3 is 9.13 Å². The third kappa shape index (κ3) is 11.2. The average molecular weight is 1340 g/mol. The van der Waals surface area contributed by atoms with Crippen LogP contribution in [0.3, 0.4) is 0 Å². The number of hydrogen-bond donors (Lipinski definition) is 0. The van der Waals surface area contributed by atoms with E-state index in [2.05, 4.69) is 317 Å². The van der Waals surface area contributed by atoms with Gasteiger partial charge in [0.15, 0.2) is 5.82 Å². The Morgan fingerprint density at radius 3 is 0.990 bits per heavy atom. The lowest BCUT2D eigenvalue weighted by atomic mass is 9.34. The van der Waals surface area contributed by atoms with E-state index in [-0.39, 0.29) is 28.4 Å². The fraction of sp³-hybridized carbons (Fsp3) is 0.286. The molecular weight excluding hydrogens is 1240 g/mol. The van der Waals surface area contributed by atoms with Crippen molar-refractivity contribution in [1.82, 2.24) is 19.1 Å². The molecule has 0 saturated heterocycles. The minimum Gasteiger partial charge on any atom is -0.310 e. The Bertz CT molecular complexity index is 5250. The molecule has 3 aromatic heterocycles. The van der Waals surface area contributed by atoms with Gasteiger partial charge in [-0.05, 0) is 232 Å².